The molecule has 0 aromatic heterocycles. The smallest absolute Gasteiger partial charge is 0.0145 e. The van der Waals surface area contributed by atoms with Crippen molar-refractivity contribution in [3.63, 3.8) is 0 Å². The molecular weight excluding hydrogens is 204 g/mol. The normalized spacial score (nSPS) is 34.0. The monoisotopic (exact) mass is 228 g/mol. The summed E-state index contributed by atoms with van der Waals surface area (Å²) in [5.41, 5.74) is 0. The van der Waals surface area contributed by atoms with E-state index in [9.17, 15) is 0 Å². The Bertz CT molecular complexity index is 198. The molecule has 2 fully saturated rings. The van der Waals surface area contributed by atoms with E-state index in [2.05, 4.69) is 29.5 Å². The molecule has 15 heavy (non-hydrogen) atoms. The summed E-state index contributed by atoms with van der Waals surface area (Å²) in [6.45, 7) is 5.22. The van der Waals surface area contributed by atoms with Crippen LogP contribution >= 0.6 is 12.6 Å². The second-order valence-electron chi connectivity index (χ2n) is 5.12. The lowest BCUT2D eigenvalue weighted by atomic mass is 9.84. The molecule has 3 heteroatoms. The predicted octanol–water partition coefficient (Wildman–Crippen LogP) is 1.72. The molecule has 2 rings (SSSR count). The zero-order valence-electron chi connectivity index (χ0n) is 9.86. The summed E-state index contributed by atoms with van der Waals surface area (Å²) < 4.78 is 0. The minimum absolute atomic E-state index is 0.881. The van der Waals surface area contributed by atoms with Gasteiger partial charge in [-0.05, 0) is 64.0 Å². The molecule has 2 aliphatic rings. The van der Waals surface area contributed by atoms with Gasteiger partial charge >= 0.3 is 0 Å². The largest absolute Gasteiger partial charge is 0.303 e. The molecule has 0 saturated carbocycles. The Morgan fingerprint density at radius 1 is 1.27 bits per heavy atom. The van der Waals surface area contributed by atoms with E-state index in [1.165, 1.54) is 51.9 Å². The molecule has 2 unspecified atom stereocenters. The molecule has 0 amide bonds. The molecule has 0 bridgehead atoms. The van der Waals surface area contributed by atoms with Gasteiger partial charge in [-0.1, -0.05) is 0 Å². The molecular formula is C12H24N2S. The third kappa shape index (κ3) is 2.89. The van der Waals surface area contributed by atoms with Gasteiger partial charge in [-0.3, -0.25) is 0 Å². The Morgan fingerprint density at radius 3 is 2.93 bits per heavy atom. The predicted molar refractivity (Wildman–Crippen MR) is 68.7 cm³/mol. The summed E-state index contributed by atoms with van der Waals surface area (Å²) in [5.74, 6) is 1.97. The first kappa shape index (κ1) is 11.7. The minimum Gasteiger partial charge on any atom is -0.303 e. The highest BCUT2D eigenvalue weighted by Crippen LogP contribution is 2.29. The number of piperidine rings is 2. The number of nitrogens with zero attached hydrogens (tertiary/aromatic N) is 2. The minimum atomic E-state index is 0.881. The average Bonchev–Trinajstić information content (AvgIpc) is 2.26. The molecule has 2 atom stereocenters. The molecule has 88 valence electrons. The van der Waals surface area contributed by atoms with Crippen LogP contribution in [0.5, 0.6) is 0 Å². The summed E-state index contributed by atoms with van der Waals surface area (Å²) in [6, 6.07) is 0.881. The fourth-order valence-electron chi connectivity index (χ4n) is 3.23. The molecule has 2 nitrogen and oxygen atoms in total. The van der Waals surface area contributed by atoms with Gasteiger partial charge < -0.3 is 9.80 Å². The molecule has 0 spiro atoms. The van der Waals surface area contributed by atoms with Crippen molar-refractivity contribution in [2.45, 2.75) is 31.7 Å². The number of hydrogen-bond acceptors (Lipinski definition) is 3. The van der Waals surface area contributed by atoms with Gasteiger partial charge in [0.25, 0.3) is 0 Å². The Labute approximate surface area is 99.4 Å². The van der Waals surface area contributed by atoms with E-state index in [0.29, 0.717) is 0 Å². The lowest BCUT2D eigenvalue weighted by molar-refractivity contribution is 0.0388. The highest BCUT2D eigenvalue weighted by atomic mass is 32.1. The van der Waals surface area contributed by atoms with Crippen molar-refractivity contribution in [3.05, 3.63) is 0 Å². The van der Waals surface area contributed by atoms with Gasteiger partial charge in [-0.25, -0.2) is 0 Å². The van der Waals surface area contributed by atoms with E-state index in [1.54, 1.807) is 0 Å². The maximum Gasteiger partial charge on any atom is 0.0145 e. The second-order valence-corrected chi connectivity index (χ2v) is 5.56. The summed E-state index contributed by atoms with van der Waals surface area (Å²) >= 11 is 4.29. The van der Waals surface area contributed by atoms with Crippen LogP contribution in [0.1, 0.15) is 25.7 Å². The highest BCUT2D eigenvalue weighted by Gasteiger charge is 2.33. The Morgan fingerprint density at radius 2 is 2.13 bits per heavy atom. The van der Waals surface area contributed by atoms with E-state index in [4.69, 9.17) is 0 Å². The van der Waals surface area contributed by atoms with Crippen LogP contribution in [0.4, 0.5) is 0 Å². The molecule has 2 aliphatic heterocycles. The fourth-order valence-corrected chi connectivity index (χ4v) is 3.37. The van der Waals surface area contributed by atoms with Crippen molar-refractivity contribution in [2.24, 2.45) is 5.92 Å². The number of hydrogen-bond donors (Lipinski definition) is 1. The number of likely N-dealkylation sites (tertiary alicyclic amines) is 2. The number of fused-ring (bicyclic) bond motifs is 1. The van der Waals surface area contributed by atoms with E-state index in [1.807, 2.05) is 0 Å². The van der Waals surface area contributed by atoms with Gasteiger partial charge in [0.2, 0.25) is 0 Å². The third-order valence-corrected chi connectivity index (χ3v) is 4.38. The van der Waals surface area contributed by atoms with Crippen molar-refractivity contribution in [2.75, 3.05) is 39.0 Å². The zero-order chi connectivity index (χ0) is 10.7. The zero-order valence-corrected chi connectivity index (χ0v) is 10.8. The second kappa shape index (κ2) is 5.55. The third-order valence-electron chi connectivity index (χ3n) is 4.06. The van der Waals surface area contributed by atoms with Crippen molar-refractivity contribution in [3.8, 4) is 0 Å². The van der Waals surface area contributed by atoms with E-state index in [0.717, 1.165) is 17.7 Å². The van der Waals surface area contributed by atoms with Crippen LogP contribution in [0.2, 0.25) is 0 Å². The Kier molecular flexibility index (Phi) is 4.35. The molecule has 0 radical (unpaired) electrons. The van der Waals surface area contributed by atoms with Gasteiger partial charge in [-0.2, -0.15) is 12.6 Å². The van der Waals surface area contributed by atoms with Crippen molar-refractivity contribution in [1.29, 1.82) is 0 Å². The van der Waals surface area contributed by atoms with Gasteiger partial charge in [0.05, 0.1) is 0 Å². The van der Waals surface area contributed by atoms with E-state index < -0.39 is 0 Å². The van der Waals surface area contributed by atoms with Gasteiger partial charge in [-0.15, -0.1) is 0 Å². The molecule has 2 saturated heterocycles. The maximum absolute atomic E-state index is 4.29. The van der Waals surface area contributed by atoms with Crippen LogP contribution in [0.3, 0.4) is 0 Å². The fraction of sp³-hybridized carbons (Fsp3) is 1.00. The lowest BCUT2D eigenvalue weighted by Gasteiger charge is -2.46. The summed E-state index contributed by atoms with van der Waals surface area (Å²) in [7, 11) is 2.31. The first-order valence-corrected chi connectivity index (χ1v) is 6.98. The standard InChI is InChI=1S/C12H24N2S/c1-13-6-2-4-11-10-14(7-3-9-15)8-5-12(11)13/h11-12,15H,2-10H2,1H3. The van der Waals surface area contributed by atoms with E-state index in [-0.39, 0.29) is 0 Å². The first-order valence-electron chi connectivity index (χ1n) is 6.34. The summed E-state index contributed by atoms with van der Waals surface area (Å²) in [5, 5.41) is 0. The summed E-state index contributed by atoms with van der Waals surface area (Å²) in [4.78, 5) is 5.24. The summed E-state index contributed by atoms with van der Waals surface area (Å²) in [6.07, 6.45) is 5.48. The maximum atomic E-state index is 4.29. The molecule has 0 aromatic carbocycles. The van der Waals surface area contributed by atoms with Gasteiger partial charge in [0.15, 0.2) is 0 Å². The topological polar surface area (TPSA) is 6.48 Å². The van der Waals surface area contributed by atoms with Crippen LogP contribution in [0, 0.1) is 5.92 Å². The average molecular weight is 228 g/mol. The van der Waals surface area contributed by atoms with Crippen molar-refractivity contribution >= 4 is 12.6 Å². The van der Waals surface area contributed by atoms with Crippen LogP contribution in [0.15, 0.2) is 0 Å². The Balaban J connectivity index is 1.83. The Hall–Kier alpha value is 0.270. The molecule has 0 N–H and O–H groups in total. The van der Waals surface area contributed by atoms with Crippen LogP contribution < -0.4 is 0 Å². The van der Waals surface area contributed by atoms with Crippen molar-refractivity contribution < 1.29 is 0 Å². The van der Waals surface area contributed by atoms with Gasteiger partial charge in [0, 0.05) is 12.6 Å². The lowest BCUT2D eigenvalue weighted by Crippen LogP contribution is -2.52. The number of rotatable bonds is 3. The first-order chi connectivity index (χ1) is 7.31. The quantitative estimate of drug-likeness (QED) is 0.735. The van der Waals surface area contributed by atoms with Crippen LogP contribution in [-0.2, 0) is 0 Å². The van der Waals surface area contributed by atoms with Crippen LogP contribution in [-0.4, -0.2) is 54.8 Å². The number of thiol groups is 1. The molecule has 2 heterocycles. The molecule has 0 aromatic rings. The SMILES string of the molecule is CN1CCCC2CN(CCCS)CCC21. The molecule has 0 aliphatic carbocycles. The van der Waals surface area contributed by atoms with Crippen molar-refractivity contribution in [1.82, 2.24) is 9.80 Å². The van der Waals surface area contributed by atoms with Crippen LogP contribution in [0.25, 0.3) is 0 Å². The van der Waals surface area contributed by atoms with E-state index >= 15 is 0 Å². The highest BCUT2D eigenvalue weighted by molar-refractivity contribution is 7.80. The van der Waals surface area contributed by atoms with Gasteiger partial charge in [0.1, 0.15) is 0 Å².